The molecule has 15 unspecified atom stereocenters. The summed E-state index contributed by atoms with van der Waals surface area (Å²) in [5.74, 6) is 3.47. The lowest BCUT2D eigenvalue weighted by atomic mass is 9.34. The summed E-state index contributed by atoms with van der Waals surface area (Å²) in [5.41, 5.74) is 0.491. The number of hydrogen-bond donors (Lipinski definition) is 3. The zero-order valence-electron chi connectivity index (χ0n) is 30.8. The molecule has 4 aliphatic carbocycles. The summed E-state index contributed by atoms with van der Waals surface area (Å²) < 4.78 is 0. The highest BCUT2D eigenvalue weighted by atomic mass is 16.3. The molecular weight excluding hydrogens is 528 g/mol. The van der Waals surface area contributed by atoms with Crippen molar-refractivity contribution in [2.24, 2.45) is 80.3 Å². The van der Waals surface area contributed by atoms with Gasteiger partial charge in [-0.1, -0.05) is 109 Å². The van der Waals surface area contributed by atoms with Gasteiger partial charge in [0.25, 0.3) is 0 Å². The molecule has 252 valence electrons. The van der Waals surface area contributed by atoms with Crippen molar-refractivity contribution in [2.75, 3.05) is 0 Å². The minimum Gasteiger partial charge on any atom is -0.393 e. The highest BCUT2D eigenvalue weighted by molar-refractivity contribution is 5.18. The van der Waals surface area contributed by atoms with Crippen LogP contribution < -0.4 is 0 Å². The molecule has 4 rings (SSSR count). The third-order valence-corrected chi connectivity index (χ3v) is 14.9. The second-order valence-corrected chi connectivity index (χ2v) is 20.4. The molecule has 15 atom stereocenters. The number of hydrogen-bond acceptors (Lipinski definition) is 3. The summed E-state index contributed by atoms with van der Waals surface area (Å²) in [4.78, 5) is 0. The van der Waals surface area contributed by atoms with Gasteiger partial charge in [0.1, 0.15) is 0 Å². The van der Waals surface area contributed by atoms with Crippen LogP contribution in [-0.2, 0) is 0 Å². The summed E-state index contributed by atoms with van der Waals surface area (Å²) in [6, 6.07) is 0. The van der Waals surface area contributed by atoms with E-state index in [-0.39, 0.29) is 46.0 Å². The lowest BCUT2D eigenvalue weighted by Gasteiger charge is -2.72. The monoisotopic (exact) mass is 603 g/mol. The largest absolute Gasteiger partial charge is 0.393 e. The predicted molar refractivity (Wildman–Crippen MR) is 182 cm³/mol. The number of rotatable bonds is 7. The zero-order chi connectivity index (χ0) is 32.5. The second kappa shape index (κ2) is 12.2. The summed E-state index contributed by atoms with van der Waals surface area (Å²) in [6.07, 6.45) is 11.1. The van der Waals surface area contributed by atoms with Crippen molar-refractivity contribution in [3.8, 4) is 0 Å². The lowest BCUT2D eigenvalue weighted by molar-refractivity contribution is -0.281. The van der Waals surface area contributed by atoms with Gasteiger partial charge in [-0.05, 0) is 114 Å². The fourth-order valence-electron chi connectivity index (χ4n) is 12.8. The van der Waals surface area contributed by atoms with Gasteiger partial charge < -0.3 is 15.3 Å². The van der Waals surface area contributed by atoms with Gasteiger partial charge in [0, 0.05) is 11.3 Å². The fraction of sp³-hybridized carbons (Fsp3) is 1.00. The molecule has 0 bridgehead atoms. The second-order valence-electron chi connectivity index (χ2n) is 20.4. The summed E-state index contributed by atoms with van der Waals surface area (Å²) >= 11 is 0. The molecule has 0 aromatic rings. The Morgan fingerprint density at radius 3 is 1.86 bits per heavy atom. The highest BCUT2D eigenvalue weighted by Gasteiger charge is 2.70. The topological polar surface area (TPSA) is 60.7 Å². The maximum absolute atomic E-state index is 12.7. The van der Waals surface area contributed by atoms with Crippen LogP contribution in [0.1, 0.15) is 154 Å². The van der Waals surface area contributed by atoms with Crippen LogP contribution in [0.25, 0.3) is 0 Å². The Hall–Kier alpha value is -0.120. The van der Waals surface area contributed by atoms with E-state index < -0.39 is 12.2 Å². The molecule has 3 heteroatoms. The van der Waals surface area contributed by atoms with E-state index in [1.54, 1.807) is 0 Å². The predicted octanol–water partition coefficient (Wildman–Crippen LogP) is 9.76. The van der Waals surface area contributed by atoms with Crippen LogP contribution in [0.4, 0.5) is 0 Å². The van der Waals surface area contributed by atoms with E-state index in [0.717, 1.165) is 12.8 Å². The van der Waals surface area contributed by atoms with Gasteiger partial charge in [-0.2, -0.15) is 0 Å². The summed E-state index contributed by atoms with van der Waals surface area (Å²) in [7, 11) is 0. The quantitative estimate of drug-likeness (QED) is 0.272. The molecule has 0 spiro atoms. The molecular formula is C40H74O3. The highest BCUT2D eigenvalue weighted by Crippen LogP contribution is 2.73. The van der Waals surface area contributed by atoms with Crippen molar-refractivity contribution in [3.05, 3.63) is 0 Å². The maximum Gasteiger partial charge on any atom is 0.0656 e. The zero-order valence-corrected chi connectivity index (χ0v) is 30.8. The van der Waals surface area contributed by atoms with Crippen LogP contribution in [0.15, 0.2) is 0 Å². The molecule has 0 aliphatic heterocycles. The first-order valence-corrected chi connectivity index (χ1v) is 18.6. The number of aliphatic hydroxyl groups is 3. The first kappa shape index (κ1) is 35.7. The third-order valence-electron chi connectivity index (χ3n) is 14.9. The van der Waals surface area contributed by atoms with Crippen molar-refractivity contribution < 1.29 is 15.3 Å². The smallest absolute Gasteiger partial charge is 0.0656 e. The third kappa shape index (κ3) is 6.54. The Kier molecular flexibility index (Phi) is 10.1. The van der Waals surface area contributed by atoms with Gasteiger partial charge in [-0.15, -0.1) is 0 Å². The normalized spacial score (nSPS) is 49.5. The van der Waals surface area contributed by atoms with Gasteiger partial charge in [0.2, 0.25) is 0 Å². The van der Waals surface area contributed by atoms with Crippen molar-refractivity contribution in [3.63, 3.8) is 0 Å². The molecule has 3 N–H and O–H groups in total. The Labute approximate surface area is 267 Å². The van der Waals surface area contributed by atoms with Gasteiger partial charge in [0.15, 0.2) is 0 Å². The minimum atomic E-state index is -0.551. The van der Waals surface area contributed by atoms with E-state index in [1.165, 1.54) is 51.4 Å². The average Bonchev–Trinajstić information content (AvgIpc) is 2.81. The van der Waals surface area contributed by atoms with Crippen molar-refractivity contribution >= 4 is 0 Å². The molecule has 0 saturated heterocycles. The Balaban J connectivity index is 1.68. The van der Waals surface area contributed by atoms with Gasteiger partial charge in [0.05, 0.1) is 18.3 Å². The molecule has 3 nitrogen and oxygen atoms in total. The standard InChI is InChI=1S/C40H74O3/c1-24-21-39(12)23-38(11)22-30-29(17-15-19-37(8,9)10)20-28(16-14-18-36(5,6)7)25(2)32(30)34(42)33(38)26(3)40(39,13)35(43)31(24)27(4)41/h24-35,41-43H,14-23H2,1-13H3. The van der Waals surface area contributed by atoms with Crippen LogP contribution >= 0.6 is 0 Å². The van der Waals surface area contributed by atoms with Crippen LogP contribution in [0, 0.1) is 80.3 Å². The van der Waals surface area contributed by atoms with Crippen LogP contribution in [-0.4, -0.2) is 33.6 Å². The molecule has 0 aromatic carbocycles. The van der Waals surface area contributed by atoms with Crippen LogP contribution in [0.5, 0.6) is 0 Å². The van der Waals surface area contributed by atoms with Crippen molar-refractivity contribution in [1.29, 1.82) is 0 Å². The molecule has 0 aromatic heterocycles. The first-order valence-electron chi connectivity index (χ1n) is 18.6. The minimum absolute atomic E-state index is 0.00798. The van der Waals surface area contributed by atoms with Gasteiger partial charge in [-0.25, -0.2) is 0 Å². The Morgan fingerprint density at radius 1 is 0.814 bits per heavy atom. The molecule has 4 aliphatic rings. The van der Waals surface area contributed by atoms with E-state index in [9.17, 15) is 15.3 Å². The lowest BCUT2D eigenvalue weighted by Crippen LogP contribution is -2.70. The van der Waals surface area contributed by atoms with E-state index in [0.29, 0.717) is 40.4 Å². The van der Waals surface area contributed by atoms with Crippen LogP contribution in [0.2, 0.25) is 0 Å². The van der Waals surface area contributed by atoms with E-state index in [2.05, 4.69) is 83.1 Å². The summed E-state index contributed by atoms with van der Waals surface area (Å²) in [6.45, 7) is 30.6. The van der Waals surface area contributed by atoms with Crippen LogP contribution in [0.3, 0.4) is 0 Å². The molecule has 4 fully saturated rings. The van der Waals surface area contributed by atoms with E-state index in [1.807, 2.05) is 6.92 Å². The van der Waals surface area contributed by atoms with E-state index >= 15 is 0 Å². The average molecular weight is 603 g/mol. The fourth-order valence-corrected chi connectivity index (χ4v) is 12.8. The molecule has 0 radical (unpaired) electrons. The molecule has 0 amide bonds. The molecule has 43 heavy (non-hydrogen) atoms. The van der Waals surface area contributed by atoms with E-state index in [4.69, 9.17) is 0 Å². The Bertz CT molecular complexity index is 944. The van der Waals surface area contributed by atoms with Crippen molar-refractivity contribution in [2.45, 2.75) is 173 Å². The molecule has 0 heterocycles. The number of fused-ring (bicyclic) bond motifs is 3. The Morgan fingerprint density at radius 2 is 1.35 bits per heavy atom. The van der Waals surface area contributed by atoms with Gasteiger partial charge in [-0.3, -0.25) is 0 Å². The summed E-state index contributed by atoms with van der Waals surface area (Å²) in [5, 5.41) is 35.6. The van der Waals surface area contributed by atoms with Crippen molar-refractivity contribution in [1.82, 2.24) is 0 Å². The SMILES string of the molecule is CC(O)C1C(C)CC2(C)CC3(C)CC4C(CCCC(C)(C)C)CC(CCCC(C)(C)C)C(C)C4C(O)C3C(C)C2(C)C1O. The van der Waals surface area contributed by atoms with Gasteiger partial charge >= 0.3 is 0 Å². The maximum atomic E-state index is 12.7. The molecule has 4 saturated carbocycles. The first-order chi connectivity index (χ1) is 19.6. The number of aliphatic hydroxyl groups excluding tert-OH is 3.